The summed E-state index contributed by atoms with van der Waals surface area (Å²) in [5.41, 5.74) is 8.17. The summed E-state index contributed by atoms with van der Waals surface area (Å²) in [5.74, 6) is 0.402. The maximum atomic E-state index is 16.4. The molecule has 3 aromatic rings. The number of rotatable bonds is 6. The molecule has 9 heteroatoms. The van der Waals surface area contributed by atoms with Crippen LogP contribution < -0.4 is 15.5 Å². The molecule has 1 fully saturated rings. The fraction of sp³-hybridized carbons (Fsp3) is 0.385. The van der Waals surface area contributed by atoms with E-state index in [9.17, 15) is 5.11 Å². The van der Waals surface area contributed by atoms with Crippen LogP contribution in [0.1, 0.15) is 29.0 Å². The summed E-state index contributed by atoms with van der Waals surface area (Å²) < 4.78 is 16.4. The molecule has 184 valence electrons. The summed E-state index contributed by atoms with van der Waals surface area (Å²) >= 11 is 6.75. The van der Waals surface area contributed by atoms with E-state index in [0.29, 0.717) is 46.9 Å². The number of aliphatic hydroxyl groups excluding tert-OH is 1. The normalized spacial score (nSPS) is 18.0. The van der Waals surface area contributed by atoms with E-state index < -0.39 is 11.7 Å². The molecule has 1 atom stereocenters. The van der Waals surface area contributed by atoms with Gasteiger partial charge in [0.15, 0.2) is 5.82 Å². The summed E-state index contributed by atoms with van der Waals surface area (Å²) in [6.07, 6.45) is 2.00. The number of aliphatic hydroxyl groups is 1. The van der Waals surface area contributed by atoms with Crippen LogP contribution in [-0.4, -0.2) is 73.3 Å². The predicted molar refractivity (Wildman–Crippen MR) is 140 cm³/mol. The first-order valence-corrected chi connectivity index (χ1v) is 12.2. The highest BCUT2D eigenvalue weighted by molar-refractivity contribution is 6.32. The van der Waals surface area contributed by atoms with Crippen molar-refractivity contribution in [2.45, 2.75) is 18.4 Å². The van der Waals surface area contributed by atoms with Gasteiger partial charge in [0.25, 0.3) is 0 Å². The Hall–Kier alpha value is -2.94. The number of fused-ring (bicyclic) bond motifs is 2. The van der Waals surface area contributed by atoms with E-state index in [1.807, 2.05) is 50.3 Å². The lowest BCUT2D eigenvalue weighted by atomic mass is 9.81. The third-order valence-corrected chi connectivity index (χ3v) is 7.36. The first-order valence-electron chi connectivity index (χ1n) is 11.8. The summed E-state index contributed by atoms with van der Waals surface area (Å²) in [6.45, 7) is 2.54. The minimum absolute atomic E-state index is 0.200. The van der Waals surface area contributed by atoms with Gasteiger partial charge < -0.3 is 25.5 Å². The Morgan fingerprint density at radius 2 is 1.94 bits per heavy atom. The molecule has 3 N–H and O–H groups in total. The molecule has 0 radical (unpaired) electrons. The summed E-state index contributed by atoms with van der Waals surface area (Å²) in [7, 11) is 5.98. The van der Waals surface area contributed by atoms with Crippen LogP contribution in [0.5, 0.6) is 0 Å². The van der Waals surface area contributed by atoms with E-state index >= 15 is 4.39 Å². The van der Waals surface area contributed by atoms with E-state index in [0.717, 1.165) is 24.2 Å². The molecule has 1 aliphatic carbocycles. The molecule has 0 bridgehead atoms. The van der Waals surface area contributed by atoms with Gasteiger partial charge in [-0.15, -0.1) is 0 Å². The van der Waals surface area contributed by atoms with Crippen LogP contribution in [0.25, 0.3) is 17.0 Å². The van der Waals surface area contributed by atoms with Gasteiger partial charge in [-0.05, 0) is 37.4 Å². The van der Waals surface area contributed by atoms with Gasteiger partial charge in [0.1, 0.15) is 11.3 Å². The lowest BCUT2D eigenvalue weighted by Gasteiger charge is -2.43. The van der Waals surface area contributed by atoms with Gasteiger partial charge in [0.05, 0.1) is 5.76 Å². The average Bonchev–Trinajstić information content (AvgIpc) is 2.78. The lowest BCUT2D eigenvalue weighted by Crippen LogP contribution is -2.58. The van der Waals surface area contributed by atoms with Crippen LogP contribution in [0.4, 0.5) is 16.2 Å². The topological polar surface area (TPSA) is 81.8 Å². The smallest absolute Gasteiger partial charge is 0.228 e. The molecule has 1 aliphatic heterocycles. The van der Waals surface area contributed by atoms with Crippen molar-refractivity contribution < 1.29 is 9.50 Å². The molecule has 2 aromatic carbocycles. The second-order valence-electron chi connectivity index (χ2n) is 9.58. The third-order valence-electron chi connectivity index (χ3n) is 7.04. The first kappa shape index (κ1) is 23.8. The fourth-order valence-electron chi connectivity index (χ4n) is 4.95. The lowest BCUT2D eigenvalue weighted by molar-refractivity contribution is 0.245. The molecule has 5 rings (SSSR count). The van der Waals surface area contributed by atoms with E-state index in [1.54, 1.807) is 12.1 Å². The van der Waals surface area contributed by atoms with E-state index in [-0.39, 0.29) is 17.7 Å². The number of benzene rings is 2. The number of nitrogens with two attached hydrogens (primary N) is 1. The van der Waals surface area contributed by atoms with E-state index in [2.05, 4.69) is 9.80 Å². The van der Waals surface area contributed by atoms with Gasteiger partial charge in [0, 0.05) is 67.6 Å². The van der Waals surface area contributed by atoms with Crippen molar-refractivity contribution in [1.82, 2.24) is 14.9 Å². The summed E-state index contributed by atoms with van der Waals surface area (Å²) in [5, 5.41) is 11.3. The monoisotopic (exact) mass is 496 g/mol. The van der Waals surface area contributed by atoms with Gasteiger partial charge in [-0.1, -0.05) is 35.9 Å². The zero-order valence-corrected chi connectivity index (χ0v) is 20.9. The molecule has 1 aromatic heterocycles. The first-order chi connectivity index (χ1) is 16.8. The Morgan fingerprint density at radius 1 is 1.20 bits per heavy atom. The van der Waals surface area contributed by atoms with Crippen molar-refractivity contribution in [2.24, 2.45) is 5.73 Å². The Balaban J connectivity index is 1.67. The molecule has 2 heterocycles. The van der Waals surface area contributed by atoms with Crippen molar-refractivity contribution in [3.63, 3.8) is 0 Å². The predicted octanol–water partition coefficient (Wildman–Crippen LogP) is 4.00. The molecule has 0 spiro atoms. The van der Waals surface area contributed by atoms with E-state index in [4.69, 9.17) is 27.3 Å². The molecule has 35 heavy (non-hydrogen) atoms. The van der Waals surface area contributed by atoms with Gasteiger partial charge in [-0.3, -0.25) is 0 Å². The van der Waals surface area contributed by atoms with Crippen LogP contribution in [0.2, 0.25) is 5.02 Å². The van der Waals surface area contributed by atoms with Crippen LogP contribution >= 0.6 is 11.6 Å². The number of nitrogens with zero attached hydrogens (tertiary/aromatic N) is 5. The number of hydrogen-bond donors (Lipinski definition) is 2. The van der Waals surface area contributed by atoms with Gasteiger partial charge in [-0.25, -0.2) is 9.37 Å². The molecular formula is C26H30ClFN6O. The van der Waals surface area contributed by atoms with Crippen molar-refractivity contribution in [3.8, 4) is 0 Å². The highest BCUT2D eigenvalue weighted by Crippen LogP contribution is 2.44. The average molecular weight is 497 g/mol. The van der Waals surface area contributed by atoms with Gasteiger partial charge >= 0.3 is 0 Å². The minimum Gasteiger partial charge on any atom is -0.512 e. The van der Waals surface area contributed by atoms with Gasteiger partial charge in [0.2, 0.25) is 5.95 Å². The molecule has 1 unspecified atom stereocenters. The summed E-state index contributed by atoms with van der Waals surface area (Å²) in [6, 6.07) is 9.83. The van der Waals surface area contributed by atoms with Crippen molar-refractivity contribution >= 4 is 40.3 Å². The van der Waals surface area contributed by atoms with Crippen molar-refractivity contribution in [3.05, 3.63) is 63.6 Å². The highest BCUT2D eigenvalue weighted by atomic mass is 35.5. The Labute approximate surface area is 209 Å². The van der Waals surface area contributed by atoms with Crippen LogP contribution in [0, 0.1) is 5.82 Å². The maximum Gasteiger partial charge on any atom is 0.228 e. The zero-order chi connectivity index (χ0) is 24.9. The standard InChI is InChI=1S/C26H30ClFN6O/c1-32(2)16-13-34(14-16)26-30-24-20(25(31-26)33(3)9-8-29)12-21(27)22(23(24)28)19-11-17(35)10-15-6-4-5-7-18(15)19/h4-7,10,12,16,19,35H,8-9,11,13-14,29H2,1-3H3. The fourth-order valence-corrected chi connectivity index (χ4v) is 5.28. The number of hydrogen-bond acceptors (Lipinski definition) is 7. The molecule has 2 aliphatic rings. The number of likely N-dealkylation sites (N-methyl/N-ethyl adjacent to an activating group) is 2. The van der Waals surface area contributed by atoms with Crippen LogP contribution in [0.15, 0.2) is 36.1 Å². The second kappa shape index (κ2) is 9.26. The molecule has 1 saturated heterocycles. The quantitative estimate of drug-likeness (QED) is 0.533. The Bertz CT molecular complexity index is 1310. The van der Waals surface area contributed by atoms with Gasteiger partial charge in [-0.2, -0.15) is 4.98 Å². The van der Waals surface area contributed by atoms with E-state index in [1.165, 1.54) is 0 Å². The molecule has 7 nitrogen and oxygen atoms in total. The maximum absolute atomic E-state index is 16.4. The Morgan fingerprint density at radius 3 is 2.66 bits per heavy atom. The van der Waals surface area contributed by atoms with Crippen LogP contribution in [0.3, 0.4) is 0 Å². The van der Waals surface area contributed by atoms with Crippen molar-refractivity contribution in [2.75, 3.05) is 57.1 Å². The molecule has 0 amide bonds. The molecular weight excluding hydrogens is 467 g/mol. The highest BCUT2D eigenvalue weighted by Gasteiger charge is 2.33. The number of halogens is 2. The summed E-state index contributed by atoms with van der Waals surface area (Å²) in [4.78, 5) is 15.6. The number of aromatic nitrogens is 2. The largest absolute Gasteiger partial charge is 0.512 e. The third kappa shape index (κ3) is 4.20. The van der Waals surface area contributed by atoms with Crippen molar-refractivity contribution in [1.29, 1.82) is 0 Å². The van der Waals surface area contributed by atoms with Crippen LogP contribution in [-0.2, 0) is 0 Å². The Kier molecular flexibility index (Phi) is 6.29. The second-order valence-corrected chi connectivity index (χ2v) is 9.99. The zero-order valence-electron chi connectivity index (χ0n) is 20.2. The SMILES string of the molecule is CN(CCN)c1nc(N2CC(N(C)C)C2)nc2c(F)c(C3CC(O)=Cc4ccccc43)c(Cl)cc12. The number of anilines is 2. The minimum atomic E-state index is -0.474. The number of allylic oxidation sites excluding steroid dienone is 1. The molecule has 0 saturated carbocycles.